The van der Waals surface area contributed by atoms with Gasteiger partial charge in [-0.15, -0.1) is 0 Å². The molecular weight excluding hydrogens is 352 g/mol. The standard InChI is InChI=1S/C23H34N2O3/c1-18-3-2-10-24(15-18)16-21-14-23(17-28-21)8-11-25(12-9-23)22(27)13-19-4-6-20(26)7-5-19/h4-7,18,21,26H,2-3,8-17H2,1H3/t18-,21+/m1/s1. The maximum Gasteiger partial charge on any atom is 0.226 e. The van der Waals surface area contributed by atoms with Crippen molar-refractivity contribution in [3.8, 4) is 5.75 Å². The molecule has 3 saturated heterocycles. The number of benzene rings is 1. The summed E-state index contributed by atoms with van der Waals surface area (Å²) in [5.74, 6) is 1.25. The zero-order valence-corrected chi connectivity index (χ0v) is 17.1. The number of nitrogens with zero attached hydrogens (tertiary/aromatic N) is 2. The lowest BCUT2D eigenvalue weighted by atomic mass is 9.76. The summed E-state index contributed by atoms with van der Waals surface area (Å²) in [6, 6.07) is 6.95. The van der Waals surface area contributed by atoms with Crippen LogP contribution in [0.3, 0.4) is 0 Å². The van der Waals surface area contributed by atoms with Gasteiger partial charge >= 0.3 is 0 Å². The molecule has 0 radical (unpaired) electrons. The second-order valence-corrected chi connectivity index (χ2v) is 9.37. The average Bonchev–Trinajstić information content (AvgIpc) is 3.06. The highest BCUT2D eigenvalue weighted by Crippen LogP contribution is 2.42. The van der Waals surface area contributed by atoms with Gasteiger partial charge in [0.25, 0.3) is 0 Å². The van der Waals surface area contributed by atoms with Gasteiger partial charge < -0.3 is 19.6 Å². The fraction of sp³-hybridized carbons (Fsp3) is 0.696. The number of aromatic hydroxyl groups is 1. The maximum absolute atomic E-state index is 12.6. The fourth-order valence-electron chi connectivity index (χ4n) is 5.23. The molecule has 0 aliphatic carbocycles. The van der Waals surface area contributed by atoms with E-state index in [9.17, 15) is 9.90 Å². The van der Waals surface area contributed by atoms with Crippen LogP contribution in [0.2, 0.25) is 0 Å². The Hall–Kier alpha value is -1.59. The largest absolute Gasteiger partial charge is 0.508 e. The van der Waals surface area contributed by atoms with Gasteiger partial charge in [0.1, 0.15) is 5.75 Å². The number of hydrogen-bond donors (Lipinski definition) is 1. The summed E-state index contributed by atoms with van der Waals surface area (Å²) in [6.45, 7) is 8.41. The van der Waals surface area contributed by atoms with Gasteiger partial charge in [0.05, 0.1) is 19.1 Å². The maximum atomic E-state index is 12.6. The lowest BCUT2D eigenvalue weighted by Gasteiger charge is -2.39. The number of amides is 1. The number of phenols is 1. The summed E-state index contributed by atoms with van der Waals surface area (Å²) < 4.78 is 6.22. The number of piperidine rings is 2. The summed E-state index contributed by atoms with van der Waals surface area (Å²) >= 11 is 0. The third-order valence-electron chi connectivity index (χ3n) is 6.96. The van der Waals surface area contributed by atoms with Gasteiger partial charge in [-0.25, -0.2) is 0 Å². The quantitative estimate of drug-likeness (QED) is 0.864. The molecule has 3 aliphatic heterocycles. The molecule has 1 N–H and O–H groups in total. The first kappa shape index (κ1) is 19.7. The van der Waals surface area contributed by atoms with Gasteiger partial charge in [-0.2, -0.15) is 0 Å². The average molecular weight is 387 g/mol. The van der Waals surface area contributed by atoms with E-state index in [1.165, 1.54) is 25.9 Å². The highest BCUT2D eigenvalue weighted by molar-refractivity contribution is 5.78. The monoisotopic (exact) mass is 386 g/mol. The molecule has 0 aromatic heterocycles. The molecule has 3 aliphatic rings. The minimum Gasteiger partial charge on any atom is -0.508 e. The van der Waals surface area contributed by atoms with Crippen LogP contribution < -0.4 is 0 Å². The molecule has 0 unspecified atom stereocenters. The Kier molecular flexibility index (Phi) is 5.93. The summed E-state index contributed by atoms with van der Waals surface area (Å²) in [5, 5.41) is 9.38. The number of phenolic OH excluding ortho intramolecular Hbond substituents is 1. The number of likely N-dealkylation sites (tertiary alicyclic amines) is 2. The van der Waals surface area contributed by atoms with E-state index in [2.05, 4.69) is 11.8 Å². The highest BCUT2D eigenvalue weighted by Gasteiger charge is 2.43. The molecular formula is C23H34N2O3. The molecule has 154 valence electrons. The zero-order valence-electron chi connectivity index (χ0n) is 17.1. The molecule has 28 heavy (non-hydrogen) atoms. The third-order valence-corrected chi connectivity index (χ3v) is 6.96. The normalized spacial score (nSPS) is 28.0. The number of carbonyl (C=O) groups excluding carboxylic acids is 1. The van der Waals surface area contributed by atoms with E-state index in [-0.39, 0.29) is 17.1 Å². The van der Waals surface area contributed by atoms with Crippen molar-refractivity contribution >= 4 is 5.91 Å². The van der Waals surface area contributed by atoms with Crippen molar-refractivity contribution in [3.05, 3.63) is 29.8 Å². The third kappa shape index (κ3) is 4.69. The van der Waals surface area contributed by atoms with Crippen LogP contribution in [0.5, 0.6) is 5.75 Å². The molecule has 1 amide bonds. The van der Waals surface area contributed by atoms with Crippen LogP contribution in [0.4, 0.5) is 0 Å². The first-order valence-electron chi connectivity index (χ1n) is 10.9. The van der Waals surface area contributed by atoms with Crippen molar-refractivity contribution in [3.63, 3.8) is 0 Å². The van der Waals surface area contributed by atoms with Gasteiger partial charge in [0.2, 0.25) is 5.91 Å². The van der Waals surface area contributed by atoms with E-state index in [1.54, 1.807) is 12.1 Å². The molecule has 2 atom stereocenters. The van der Waals surface area contributed by atoms with Crippen molar-refractivity contribution in [2.75, 3.05) is 39.3 Å². The van der Waals surface area contributed by atoms with Crippen LogP contribution in [-0.2, 0) is 16.0 Å². The van der Waals surface area contributed by atoms with Crippen LogP contribution in [0.15, 0.2) is 24.3 Å². The minimum absolute atomic E-state index is 0.193. The summed E-state index contributed by atoms with van der Waals surface area (Å²) in [4.78, 5) is 17.2. The summed E-state index contributed by atoms with van der Waals surface area (Å²) in [5.41, 5.74) is 1.24. The Morgan fingerprint density at radius 2 is 1.96 bits per heavy atom. The van der Waals surface area contributed by atoms with Crippen LogP contribution >= 0.6 is 0 Å². The van der Waals surface area contributed by atoms with E-state index < -0.39 is 0 Å². The molecule has 1 aromatic carbocycles. The first-order chi connectivity index (χ1) is 13.5. The van der Waals surface area contributed by atoms with Crippen molar-refractivity contribution in [2.45, 2.75) is 51.6 Å². The van der Waals surface area contributed by atoms with E-state index >= 15 is 0 Å². The lowest BCUT2D eigenvalue weighted by molar-refractivity contribution is -0.132. The second kappa shape index (κ2) is 8.42. The van der Waals surface area contributed by atoms with Crippen molar-refractivity contribution in [2.24, 2.45) is 11.3 Å². The zero-order chi connectivity index (χ0) is 19.6. The van der Waals surface area contributed by atoms with Crippen LogP contribution in [0, 0.1) is 11.3 Å². The number of carbonyl (C=O) groups is 1. The number of hydrogen-bond acceptors (Lipinski definition) is 4. The van der Waals surface area contributed by atoms with E-state index in [1.807, 2.05) is 17.0 Å². The van der Waals surface area contributed by atoms with Gasteiger partial charge in [0, 0.05) is 26.2 Å². The lowest BCUT2D eigenvalue weighted by Crippen LogP contribution is -2.44. The van der Waals surface area contributed by atoms with E-state index in [4.69, 9.17) is 4.74 Å². The molecule has 5 heteroatoms. The molecule has 0 bridgehead atoms. The SMILES string of the molecule is C[C@@H]1CCCN(C[C@@H]2CC3(CCN(C(=O)Cc4ccc(O)cc4)CC3)CO2)C1. The smallest absolute Gasteiger partial charge is 0.226 e. The molecule has 0 saturated carbocycles. The van der Waals surface area contributed by atoms with Gasteiger partial charge in [-0.1, -0.05) is 19.1 Å². The fourth-order valence-corrected chi connectivity index (χ4v) is 5.23. The van der Waals surface area contributed by atoms with Crippen molar-refractivity contribution < 1.29 is 14.6 Å². The Labute approximate surface area is 168 Å². The van der Waals surface area contributed by atoms with Gasteiger partial charge in [0.15, 0.2) is 0 Å². The highest BCUT2D eigenvalue weighted by atomic mass is 16.5. The summed E-state index contributed by atoms with van der Waals surface area (Å²) in [6.07, 6.45) is 6.72. The van der Waals surface area contributed by atoms with Crippen LogP contribution in [-0.4, -0.2) is 66.2 Å². The predicted octanol–water partition coefficient (Wildman–Crippen LogP) is 3.06. The molecule has 3 fully saturated rings. The molecule has 1 spiro atoms. The van der Waals surface area contributed by atoms with Crippen molar-refractivity contribution in [1.82, 2.24) is 9.80 Å². The molecule has 3 heterocycles. The number of rotatable bonds is 4. The Bertz CT molecular complexity index is 667. The number of ether oxygens (including phenoxy) is 1. The molecule has 4 rings (SSSR count). The van der Waals surface area contributed by atoms with E-state index in [0.717, 1.165) is 57.0 Å². The van der Waals surface area contributed by atoms with E-state index in [0.29, 0.717) is 12.5 Å². The topological polar surface area (TPSA) is 53.0 Å². The Morgan fingerprint density at radius 1 is 1.21 bits per heavy atom. The van der Waals surface area contributed by atoms with Crippen molar-refractivity contribution in [1.29, 1.82) is 0 Å². The molecule has 1 aromatic rings. The molecule has 5 nitrogen and oxygen atoms in total. The predicted molar refractivity (Wildman–Crippen MR) is 109 cm³/mol. The van der Waals surface area contributed by atoms with Crippen LogP contribution in [0.1, 0.15) is 44.6 Å². The summed E-state index contributed by atoms with van der Waals surface area (Å²) in [7, 11) is 0. The van der Waals surface area contributed by atoms with Gasteiger partial charge in [-0.05, 0) is 67.7 Å². The van der Waals surface area contributed by atoms with Gasteiger partial charge in [-0.3, -0.25) is 4.79 Å². The Morgan fingerprint density at radius 3 is 2.68 bits per heavy atom. The second-order valence-electron chi connectivity index (χ2n) is 9.37. The first-order valence-corrected chi connectivity index (χ1v) is 10.9. The Balaban J connectivity index is 1.24. The minimum atomic E-state index is 0.193. The van der Waals surface area contributed by atoms with Crippen LogP contribution in [0.25, 0.3) is 0 Å².